The Morgan fingerprint density at radius 2 is 2.10 bits per heavy atom. The third-order valence-electron chi connectivity index (χ3n) is 5.45. The summed E-state index contributed by atoms with van der Waals surface area (Å²) in [6, 6.07) is 7.40. The number of carbonyl (C=O) groups excluding carboxylic acids is 1. The van der Waals surface area contributed by atoms with Crippen molar-refractivity contribution < 1.29 is 13.9 Å². The maximum Gasteiger partial charge on any atom is 0.287 e. The molecule has 5 heterocycles. The van der Waals surface area contributed by atoms with E-state index in [-0.39, 0.29) is 11.7 Å². The zero-order valence-corrected chi connectivity index (χ0v) is 16.5. The minimum atomic E-state index is -0.251. The number of rotatable bonds is 6. The molecule has 1 fully saturated rings. The van der Waals surface area contributed by atoms with Crippen molar-refractivity contribution >= 4 is 11.6 Å². The van der Waals surface area contributed by atoms with Crippen LogP contribution in [0.5, 0.6) is 0 Å². The first-order chi connectivity index (χ1) is 14.7. The van der Waals surface area contributed by atoms with Gasteiger partial charge in [-0.25, -0.2) is 4.98 Å². The van der Waals surface area contributed by atoms with Gasteiger partial charge in [0.05, 0.1) is 11.8 Å². The summed E-state index contributed by atoms with van der Waals surface area (Å²) in [5, 5.41) is 7.34. The van der Waals surface area contributed by atoms with Crippen LogP contribution in [0.4, 0.5) is 0 Å². The highest BCUT2D eigenvalue weighted by atomic mass is 16.5. The van der Waals surface area contributed by atoms with Crippen LogP contribution in [0.1, 0.15) is 29.0 Å². The van der Waals surface area contributed by atoms with Gasteiger partial charge in [-0.2, -0.15) is 5.10 Å². The number of furan rings is 1. The molecule has 0 aliphatic carbocycles. The predicted molar refractivity (Wildman–Crippen MR) is 110 cm³/mol. The third kappa shape index (κ3) is 3.99. The smallest absolute Gasteiger partial charge is 0.287 e. The topological polar surface area (TPSA) is 86.6 Å². The van der Waals surface area contributed by atoms with Crippen molar-refractivity contribution in [1.29, 1.82) is 0 Å². The van der Waals surface area contributed by atoms with Crippen molar-refractivity contribution in [3.8, 4) is 11.3 Å². The summed E-state index contributed by atoms with van der Waals surface area (Å²) in [4.78, 5) is 16.7. The number of aromatic nitrogens is 4. The van der Waals surface area contributed by atoms with E-state index in [0.717, 1.165) is 49.4 Å². The average Bonchev–Trinajstić information content (AvgIpc) is 3.52. The highest BCUT2D eigenvalue weighted by molar-refractivity contribution is 5.92. The van der Waals surface area contributed by atoms with Crippen molar-refractivity contribution in [3.05, 3.63) is 66.6 Å². The zero-order chi connectivity index (χ0) is 20.3. The average molecular weight is 405 g/mol. The summed E-state index contributed by atoms with van der Waals surface area (Å²) < 4.78 is 15.1. The van der Waals surface area contributed by atoms with Crippen molar-refractivity contribution in [3.63, 3.8) is 0 Å². The first-order valence-electron chi connectivity index (χ1n) is 10.1. The lowest BCUT2D eigenvalue weighted by Crippen LogP contribution is -2.22. The van der Waals surface area contributed by atoms with E-state index in [0.29, 0.717) is 18.2 Å². The Kier molecular flexibility index (Phi) is 5.06. The molecule has 1 amide bonds. The van der Waals surface area contributed by atoms with Crippen molar-refractivity contribution in [2.45, 2.75) is 25.9 Å². The van der Waals surface area contributed by atoms with Crippen LogP contribution in [0.2, 0.25) is 0 Å². The van der Waals surface area contributed by atoms with E-state index >= 15 is 0 Å². The molecule has 1 saturated heterocycles. The maximum atomic E-state index is 12.5. The maximum absolute atomic E-state index is 12.5. The Bertz CT molecular complexity index is 1150. The van der Waals surface area contributed by atoms with E-state index in [2.05, 4.69) is 15.4 Å². The number of ether oxygens (including phenoxy) is 1. The lowest BCUT2D eigenvalue weighted by atomic mass is 10.0. The Morgan fingerprint density at radius 3 is 3.00 bits per heavy atom. The standard InChI is InChI=1S/C22H23N5O3/c28-22(24-12-17-3-7-26-8-6-23-21(26)11-17)20-2-1-19(30-20)18-13-25-27(15-18)14-16-4-9-29-10-5-16/h1-3,6-8,11,13,15-16H,4-5,9-10,12,14H2,(H,24,28). The van der Waals surface area contributed by atoms with Crippen LogP contribution in [0.15, 0.2) is 59.7 Å². The Morgan fingerprint density at radius 1 is 1.20 bits per heavy atom. The lowest BCUT2D eigenvalue weighted by molar-refractivity contribution is 0.0601. The van der Waals surface area contributed by atoms with Gasteiger partial charge in [0.25, 0.3) is 5.91 Å². The fourth-order valence-electron chi connectivity index (χ4n) is 3.73. The van der Waals surface area contributed by atoms with E-state index in [1.165, 1.54) is 0 Å². The Hall–Kier alpha value is -3.39. The second kappa shape index (κ2) is 8.16. The second-order valence-corrected chi connectivity index (χ2v) is 7.58. The molecule has 1 aliphatic heterocycles. The number of hydrogen-bond donors (Lipinski definition) is 1. The molecular formula is C22H23N5O3. The number of nitrogens with one attached hydrogen (secondary N) is 1. The minimum Gasteiger partial charge on any atom is -0.451 e. The number of hydrogen-bond acceptors (Lipinski definition) is 5. The number of nitrogens with zero attached hydrogens (tertiary/aromatic N) is 4. The molecule has 4 aromatic heterocycles. The molecule has 0 saturated carbocycles. The van der Waals surface area contributed by atoms with Gasteiger partial charge in [0.2, 0.25) is 0 Å². The summed E-state index contributed by atoms with van der Waals surface area (Å²) in [5.74, 6) is 1.26. The number of amides is 1. The molecular weight excluding hydrogens is 382 g/mol. The van der Waals surface area contributed by atoms with Gasteiger partial charge in [0.15, 0.2) is 5.76 Å². The number of imidazole rings is 1. The molecule has 4 aromatic rings. The van der Waals surface area contributed by atoms with Crippen molar-refractivity contribution in [2.75, 3.05) is 13.2 Å². The van der Waals surface area contributed by atoms with Crippen LogP contribution in [-0.4, -0.2) is 38.3 Å². The van der Waals surface area contributed by atoms with Gasteiger partial charge < -0.3 is 18.9 Å². The molecule has 0 unspecified atom stereocenters. The quantitative estimate of drug-likeness (QED) is 0.533. The zero-order valence-electron chi connectivity index (χ0n) is 16.5. The summed E-state index contributed by atoms with van der Waals surface area (Å²) in [5.41, 5.74) is 2.69. The van der Waals surface area contributed by atoms with E-state index < -0.39 is 0 Å². The summed E-state index contributed by atoms with van der Waals surface area (Å²) in [6.07, 6.45) is 11.4. The Labute approximate surface area is 173 Å². The van der Waals surface area contributed by atoms with Gasteiger partial charge >= 0.3 is 0 Å². The fourth-order valence-corrected chi connectivity index (χ4v) is 3.73. The second-order valence-electron chi connectivity index (χ2n) is 7.58. The largest absolute Gasteiger partial charge is 0.451 e. The molecule has 8 nitrogen and oxygen atoms in total. The van der Waals surface area contributed by atoms with E-state index in [4.69, 9.17) is 9.15 Å². The van der Waals surface area contributed by atoms with Gasteiger partial charge in [0, 0.05) is 51.1 Å². The highest BCUT2D eigenvalue weighted by Gasteiger charge is 2.17. The molecule has 154 valence electrons. The SMILES string of the molecule is O=C(NCc1ccn2ccnc2c1)c1ccc(-c2cnn(CC3CCOCC3)c2)o1. The van der Waals surface area contributed by atoms with E-state index in [9.17, 15) is 4.79 Å². The first-order valence-corrected chi connectivity index (χ1v) is 10.1. The van der Waals surface area contributed by atoms with Crippen LogP contribution in [0.25, 0.3) is 17.0 Å². The van der Waals surface area contributed by atoms with Crippen molar-refractivity contribution in [1.82, 2.24) is 24.5 Å². The molecule has 0 radical (unpaired) electrons. The van der Waals surface area contributed by atoms with Crippen LogP contribution in [0, 0.1) is 5.92 Å². The molecule has 0 atom stereocenters. The van der Waals surface area contributed by atoms with Crippen LogP contribution < -0.4 is 5.32 Å². The molecule has 1 aliphatic rings. The van der Waals surface area contributed by atoms with E-state index in [1.54, 1.807) is 24.5 Å². The number of carbonyl (C=O) groups is 1. The fraction of sp³-hybridized carbons (Fsp3) is 0.318. The summed E-state index contributed by atoms with van der Waals surface area (Å²) in [7, 11) is 0. The molecule has 8 heteroatoms. The molecule has 0 bridgehead atoms. The highest BCUT2D eigenvalue weighted by Crippen LogP contribution is 2.23. The number of pyridine rings is 1. The monoisotopic (exact) mass is 405 g/mol. The van der Waals surface area contributed by atoms with Gasteiger partial charge in [-0.05, 0) is 48.6 Å². The van der Waals surface area contributed by atoms with Crippen molar-refractivity contribution in [2.24, 2.45) is 5.92 Å². The van der Waals surface area contributed by atoms with Gasteiger partial charge in [-0.15, -0.1) is 0 Å². The van der Waals surface area contributed by atoms with Crippen LogP contribution in [-0.2, 0) is 17.8 Å². The summed E-state index contributed by atoms with van der Waals surface area (Å²) in [6.45, 7) is 2.93. The lowest BCUT2D eigenvalue weighted by Gasteiger charge is -2.21. The van der Waals surface area contributed by atoms with Gasteiger partial charge in [-0.3, -0.25) is 9.48 Å². The van der Waals surface area contributed by atoms with Crippen LogP contribution in [0.3, 0.4) is 0 Å². The minimum absolute atomic E-state index is 0.251. The third-order valence-corrected chi connectivity index (χ3v) is 5.45. The van der Waals surface area contributed by atoms with Gasteiger partial charge in [0.1, 0.15) is 11.4 Å². The normalized spacial score (nSPS) is 14.9. The summed E-state index contributed by atoms with van der Waals surface area (Å²) >= 11 is 0. The molecule has 0 aromatic carbocycles. The molecule has 0 spiro atoms. The predicted octanol–water partition coefficient (Wildman–Crippen LogP) is 3.15. The first kappa shape index (κ1) is 18.6. The van der Waals surface area contributed by atoms with Gasteiger partial charge in [-0.1, -0.05) is 0 Å². The van der Waals surface area contributed by atoms with E-state index in [1.807, 2.05) is 39.8 Å². The van der Waals surface area contributed by atoms with Crippen LogP contribution >= 0.6 is 0 Å². The number of fused-ring (bicyclic) bond motifs is 1. The molecule has 30 heavy (non-hydrogen) atoms. The molecule has 1 N–H and O–H groups in total. The molecule has 5 rings (SSSR count). The Balaban J connectivity index is 1.21.